The molecule has 0 radical (unpaired) electrons. The van der Waals surface area contributed by atoms with Gasteiger partial charge in [-0.05, 0) is 41.8 Å². The Morgan fingerprint density at radius 3 is 2.29 bits per heavy atom. The van der Waals surface area contributed by atoms with Gasteiger partial charge >= 0.3 is 6.18 Å². The van der Waals surface area contributed by atoms with Crippen LogP contribution in [0, 0.1) is 0 Å². The first kappa shape index (κ1) is 19.9. The molecule has 6 nitrogen and oxygen atoms in total. The van der Waals surface area contributed by atoms with Crippen LogP contribution in [0.5, 0.6) is 0 Å². The maximum absolute atomic E-state index is 13.1. The Morgan fingerprint density at radius 2 is 1.75 bits per heavy atom. The molecular weight excluding hydrogens is 393 g/mol. The Balaban J connectivity index is 2.03. The number of alkyl halides is 3. The summed E-state index contributed by atoms with van der Waals surface area (Å²) >= 11 is 0. The van der Waals surface area contributed by atoms with Crippen LogP contribution in [0.1, 0.15) is 30.9 Å². The lowest BCUT2D eigenvalue weighted by molar-refractivity contribution is -0.137. The fourth-order valence-corrected chi connectivity index (χ4v) is 3.63. The lowest BCUT2D eigenvalue weighted by Gasteiger charge is -2.15. The first-order valence-electron chi connectivity index (χ1n) is 8.27. The minimum Gasteiger partial charge on any atom is -0.277 e. The number of aromatic nitrogens is 3. The highest BCUT2D eigenvalue weighted by atomic mass is 32.2. The van der Waals surface area contributed by atoms with Crippen LogP contribution in [0.3, 0.4) is 0 Å². The number of hydrogen-bond acceptors (Lipinski definition) is 4. The van der Waals surface area contributed by atoms with E-state index in [1.54, 1.807) is 12.1 Å². The highest BCUT2D eigenvalue weighted by Crippen LogP contribution is 2.34. The van der Waals surface area contributed by atoms with Gasteiger partial charge in [0.1, 0.15) is 12.7 Å². The second-order valence-corrected chi connectivity index (χ2v) is 8.08. The summed E-state index contributed by atoms with van der Waals surface area (Å²) in [6.07, 6.45) is -2.17. The molecule has 0 atom stereocenters. The highest BCUT2D eigenvalue weighted by molar-refractivity contribution is 7.92. The molecule has 28 heavy (non-hydrogen) atoms. The molecule has 0 aliphatic heterocycles. The molecule has 148 valence electrons. The summed E-state index contributed by atoms with van der Waals surface area (Å²) in [5.74, 6) is 0.215. The Labute approximate surface area is 160 Å². The molecule has 0 bridgehead atoms. The van der Waals surface area contributed by atoms with Crippen LogP contribution >= 0.6 is 0 Å². The topological polar surface area (TPSA) is 76.9 Å². The largest absolute Gasteiger partial charge is 0.416 e. The zero-order chi connectivity index (χ0) is 20.5. The second kappa shape index (κ2) is 7.27. The Bertz CT molecular complexity index is 1060. The van der Waals surface area contributed by atoms with Crippen molar-refractivity contribution < 1.29 is 21.6 Å². The smallest absolute Gasteiger partial charge is 0.277 e. The third-order valence-electron chi connectivity index (χ3n) is 4.09. The molecular formula is C18H17F3N4O2S. The van der Waals surface area contributed by atoms with Crippen molar-refractivity contribution in [1.29, 1.82) is 0 Å². The van der Waals surface area contributed by atoms with Crippen LogP contribution in [0.4, 0.5) is 18.9 Å². The monoisotopic (exact) mass is 410 g/mol. The van der Waals surface area contributed by atoms with Gasteiger partial charge in [0.15, 0.2) is 0 Å². The van der Waals surface area contributed by atoms with Crippen molar-refractivity contribution in [2.75, 3.05) is 4.72 Å². The summed E-state index contributed by atoms with van der Waals surface area (Å²) in [5.41, 5.74) is -0.174. The van der Waals surface area contributed by atoms with Crippen LogP contribution in [-0.2, 0) is 16.2 Å². The molecule has 1 aromatic heterocycles. The zero-order valence-electron chi connectivity index (χ0n) is 15.0. The van der Waals surface area contributed by atoms with Crippen LogP contribution in [-0.4, -0.2) is 23.2 Å². The Morgan fingerprint density at radius 1 is 1.07 bits per heavy atom. The van der Waals surface area contributed by atoms with Crippen molar-refractivity contribution in [2.45, 2.75) is 30.8 Å². The number of nitrogens with one attached hydrogen (secondary N) is 1. The number of hydrogen-bond donors (Lipinski definition) is 1. The molecule has 2 aromatic carbocycles. The molecule has 3 rings (SSSR count). The van der Waals surface area contributed by atoms with E-state index in [9.17, 15) is 21.6 Å². The van der Waals surface area contributed by atoms with Crippen molar-refractivity contribution in [3.63, 3.8) is 0 Å². The Hall–Kier alpha value is -2.88. The van der Waals surface area contributed by atoms with E-state index in [4.69, 9.17) is 0 Å². The first-order chi connectivity index (χ1) is 13.1. The minimum atomic E-state index is -4.62. The minimum absolute atomic E-state index is 0.0566. The molecule has 0 fully saturated rings. The molecule has 3 aromatic rings. The summed E-state index contributed by atoms with van der Waals surface area (Å²) in [6, 6.07) is 8.90. The van der Waals surface area contributed by atoms with E-state index in [-0.39, 0.29) is 22.2 Å². The van der Waals surface area contributed by atoms with E-state index in [0.717, 1.165) is 23.8 Å². The lowest BCUT2D eigenvalue weighted by Crippen LogP contribution is -2.16. The van der Waals surface area contributed by atoms with Gasteiger partial charge in [0.2, 0.25) is 0 Å². The molecule has 0 aliphatic carbocycles. The lowest BCUT2D eigenvalue weighted by atomic mass is 10.0. The van der Waals surface area contributed by atoms with Crippen LogP contribution < -0.4 is 4.72 Å². The maximum Gasteiger partial charge on any atom is 0.416 e. The van der Waals surface area contributed by atoms with Gasteiger partial charge in [0.05, 0.1) is 21.8 Å². The highest BCUT2D eigenvalue weighted by Gasteiger charge is 2.32. The summed E-state index contributed by atoms with van der Waals surface area (Å²) in [6.45, 7) is 3.93. The van der Waals surface area contributed by atoms with Crippen LogP contribution in [0.15, 0.2) is 60.0 Å². The Kier molecular flexibility index (Phi) is 5.16. The van der Waals surface area contributed by atoms with Crippen molar-refractivity contribution in [1.82, 2.24) is 14.8 Å². The fraction of sp³-hybridized carbons (Fsp3) is 0.222. The van der Waals surface area contributed by atoms with Crippen molar-refractivity contribution in [3.05, 3.63) is 66.2 Å². The van der Waals surface area contributed by atoms with Gasteiger partial charge < -0.3 is 0 Å². The van der Waals surface area contributed by atoms with Crippen molar-refractivity contribution in [2.24, 2.45) is 0 Å². The van der Waals surface area contributed by atoms with Gasteiger partial charge in [0, 0.05) is 0 Å². The molecule has 0 saturated carbocycles. The number of nitrogens with zero attached hydrogens (tertiary/aromatic N) is 3. The molecule has 1 heterocycles. The SMILES string of the molecule is CC(C)c1ccc(S(=O)(=O)Nc2cc(C(F)(F)F)ccc2-n2cncn2)cc1. The average molecular weight is 410 g/mol. The van der Waals surface area contributed by atoms with Crippen molar-refractivity contribution in [3.8, 4) is 5.69 Å². The van der Waals surface area contributed by atoms with Crippen LogP contribution in [0.25, 0.3) is 5.69 Å². The van der Waals surface area contributed by atoms with Gasteiger partial charge in [-0.15, -0.1) is 0 Å². The van der Waals surface area contributed by atoms with E-state index in [0.29, 0.717) is 0 Å². The fourth-order valence-electron chi connectivity index (χ4n) is 2.56. The van der Waals surface area contributed by atoms with E-state index in [2.05, 4.69) is 14.8 Å². The standard InChI is InChI=1S/C18H17F3N4O2S/c1-12(2)13-3-6-15(7-4-13)28(26,27)24-16-9-14(18(19,20)21)5-8-17(16)25-11-22-10-23-25/h3-12,24H,1-2H3. The van der Waals surface area contributed by atoms with Crippen LogP contribution in [0.2, 0.25) is 0 Å². The molecule has 1 N–H and O–H groups in total. The van der Waals surface area contributed by atoms with Gasteiger partial charge in [-0.2, -0.15) is 18.3 Å². The molecule has 0 aliphatic rings. The zero-order valence-corrected chi connectivity index (χ0v) is 15.8. The average Bonchev–Trinajstić information content (AvgIpc) is 3.15. The van der Waals surface area contributed by atoms with E-state index < -0.39 is 21.8 Å². The number of rotatable bonds is 5. The second-order valence-electron chi connectivity index (χ2n) is 6.40. The van der Waals surface area contributed by atoms with E-state index in [1.807, 2.05) is 13.8 Å². The number of anilines is 1. The van der Waals surface area contributed by atoms with Gasteiger partial charge in [-0.3, -0.25) is 4.72 Å². The third kappa shape index (κ3) is 4.16. The molecule has 0 unspecified atom stereocenters. The van der Waals surface area contributed by atoms with Crippen molar-refractivity contribution >= 4 is 15.7 Å². The summed E-state index contributed by atoms with van der Waals surface area (Å²) in [4.78, 5) is 3.69. The predicted octanol–water partition coefficient (Wildman–Crippen LogP) is 4.21. The number of sulfonamides is 1. The van der Waals surface area contributed by atoms with Gasteiger partial charge in [-0.25, -0.2) is 18.1 Å². The summed E-state index contributed by atoms with van der Waals surface area (Å²) in [5, 5.41) is 3.86. The molecule has 10 heteroatoms. The van der Waals surface area contributed by atoms with Gasteiger partial charge in [0.25, 0.3) is 10.0 Å². The predicted molar refractivity (Wildman–Crippen MR) is 97.7 cm³/mol. The van der Waals surface area contributed by atoms with E-state index in [1.165, 1.54) is 29.5 Å². The summed E-state index contributed by atoms with van der Waals surface area (Å²) < 4.78 is 68.2. The van der Waals surface area contributed by atoms with E-state index >= 15 is 0 Å². The first-order valence-corrected chi connectivity index (χ1v) is 9.75. The van der Waals surface area contributed by atoms with Gasteiger partial charge in [-0.1, -0.05) is 26.0 Å². The maximum atomic E-state index is 13.1. The number of halogens is 3. The molecule has 0 spiro atoms. The third-order valence-corrected chi connectivity index (χ3v) is 5.47. The number of benzene rings is 2. The normalized spacial score (nSPS) is 12.4. The molecule has 0 amide bonds. The molecule has 0 saturated heterocycles. The quantitative estimate of drug-likeness (QED) is 0.684. The summed E-state index contributed by atoms with van der Waals surface area (Å²) in [7, 11) is -4.11.